The molecule has 0 spiro atoms. The Kier molecular flexibility index (Phi) is 4.29. The molecule has 0 saturated heterocycles. The van der Waals surface area contributed by atoms with E-state index < -0.39 is 24.0 Å². The lowest BCUT2D eigenvalue weighted by atomic mass is 10.1. The van der Waals surface area contributed by atoms with E-state index >= 15 is 0 Å². The SMILES string of the molecule is Cc1cc(F)ccc1COc1c(F)cc(CO)cc1F. The summed E-state index contributed by atoms with van der Waals surface area (Å²) in [6.07, 6.45) is 0. The number of aliphatic hydroxyl groups excluding tert-OH is 1. The summed E-state index contributed by atoms with van der Waals surface area (Å²) in [5, 5.41) is 8.84. The standard InChI is InChI=1S/C15H13F3O2/c1-9-4-12(16)3-2-11(9)8-20-15-13(17)5-10(7-19)6-14(15)18/h2-6,19H,7-8H2,1H3. The van der Waals surface area contributed by atoms with Crippen LogP contribution in [0.1, 0.15) is 16.7 Å². The van der Waals surface area contributed by atoms with Crippen LogP contribution >= 0.6 is 0 Å². The highest BCUT2D eigenvalue weighted by molar-refractivity contribution is 5.32. The summed E-state index contributed by atoms with van der Waals surface area (Å²) >= 11 is 0. The Morgan fingerprint density at radius 2 is 1.70 bits per heavy atom. The van der Waals surface area contributed by atoms with Crippen molar-refractivity contribution in [3.63, 3.8) is 0 Å². The van der Waals surface area contributed by atoms with Gasteiger partial charge in [0.15, 0.2) is 17.4 Å². The van der Waals surface area contributed by atoms with Crippen molar-refractivity contribution in [1.29, 1.82) is 0 Å². The smallest absolute Gasteiger partial charge is 0.191 e. The second kappa shape index (κ2) is 5.96. The van der Waals surface area contributed by atoms with Gasteiger partial charge in [0.1, 0.15) is 12.4 Å². The lowest BCUT2D eigenvalue weighted by Gasteiger charge is -2.11. The molecule has 0 aromatic heterocycles. The first-order chi connectivity index (χ1) is 9.51. The van der Waals surface area contributed by atoms with Crippen molar-refractivity contribution in [3.05, 3.63) is 64.5 Å². The monoisotopic (exact) mass is 282 g/mol. The zero-order valence-corrected chi connectivity index (χ0v) is 10.8. The fourth-order valence-corrected chi connectivity index (χ4v) is 1.81. The normalized spacial score (nSPS) is 10.7. The molecule has 2 nitrogen and oxygen atoms in total. The van der Waals surface area contributed by atoms with Gasteiger partial charge in [0, 0.05) is 0 Å². The molecule has 0 atom stereocenters. The average molecular weight is 282 g/mol. The quantitative estimate of drug-likeness (QED) is 0.930. The molecule has 0 saturated carbocycles. The summed E-state index contributed by atoms with van der Waals surface area (Å²) in [4.78, 5) is 0. The van der Waals surface area contributed by atoms with Crippen LogP contribution in [-0.2, 0) is 13.2 Å². The Labute approximate surface area is 114 Å². The molecule has 2 rings (SSSR count). The maximum absolute atomic E-state index is 13.6. The fraction of sp³-hybridized carbons (Fsp3) is 0.200. The molecule has 0 aliphatic carbocycles. The maximum Gasteiger partial charge on any atom is 0.191 e. The van der Waals surface area contributed by atoms with Gasteiger partial charge in [-0.15, -0.1) is 0 Å². The van der Waals surface area contributed by atoms with E-state index in [4.69, 9.17) is 9.84 Å². The van der Waals surface area contributed by atoms with Gasteiger partial charge in [-0.2, -0.15) is 0 Å². The minimum atomic E-state index is -0.881. The fourth-order valence-electron chi connectivity index (χ4n) is 1.81. The molecule has 0 aliphatic heterocycles. The summed E-state index contributed by atoms with van der Waals surface area (Å²) in [7, 11) is 0. The lowest BCUT2D eigenvalue weighted by Crippen LogP contribution is -2.03. The number of aliphatic hydroxyl groups is 1. The summed E-state index contributed by atoms with van der Waals surface area (Å²) in [5.41, 5.74) is 1.40. The highest BCUT2D eigenvalue weighted by atomic mass is 19.1. The van der Waals surface area contributed by atoms with E-state index in [1.165, 1.54) is 18.2 Å². The summed E-state index contributed by atoms with van der Waals surface area (Å²) in [6.45, 7) is 1.16. The van der Waals surface area contributed by atoms with Crippen LogP contribution in [0.5, 0.6) is 5.75 Å². The zero-order chi connectivity index (χ0) is 14.7. The van der Waals surface area contributed by atoms with Crippen LogP contribution in [0, 0.1) is 24.4 Å². The highest BCUT2D eigenvalue weighted by Gasteiger charge is 2.13. The lowest BCUT2D eigenvalue weighted by molar-refractivity contribution is 0.265. The van der Waals surface area contributed by atoms with Crippen molar-refractivity contribution in [1.82, 2.24) is 0 Å². The van der Waals surface area contributed by atoms with Crippen molar-refractivity contribution in [2.45, 2.75) is 20.1 Å². The first kappa shape index (κ1) is 14.4. The molecule has 0 bridgehead atoms. The predicted molar refractivity (Wildman–Crippen MR) is 67.7 cm³/mol. The number of aryl methyl sites for hydroxylation is 1. The molecule has 0 radical (unpaired) electrons. The van der Waals surface area contributed by atoms with Gasteiger partial charge in [0.2, 0.25) is 0 Å². The first-order valence-electron chi connectivity index (χ1n) is 5.98. The predicted octanol–water partition coefficient (Wildman–Crippen LogP) is 3.48. The number of halogens is 3. The third kappa shape index (κ3) is 3.11. The van der Waals surface area contributed by atoms with Crippen LogP contribution < -0.4 is 4.74 Å². The van der Waals surface area contributed by atoms with E-state index in [0.29, 0.717) is 11.1 Å². The molecule has 20 heavy (non-hydrogen) atoms. The van der Waals surface area contributed by atoms with E-state index in [1.54, 1.807) is 6.92 Å². The van der Waals surface area contributed by atoms with Crippen LogP contribution in [0.2, 0.25) is 0 Å². The number of benzene rings is 2. The van der Waals surface area contributed by atoms with Crippen LogP contribution in [-0.4, -0.2) is 5.11 Å². The molecule has 1 N–H and O–H groups in total. The number of hydrogen-bond donors (Lipinski definition) is 1. The van der Waals surface area contributed by atoms with E-state index in [0.717, 1.165) is 12.1 Å². The Morgan fingerprint density at radius 1 is 1.05 bits per heavy atom. The van der Waals surface area contributed by atoms with E-state index in [9.17, 15) is 13.2 Å². The molecule has 0 heterocycles. The first-order valence-corrected chi connectivity index (χ1v) is 5.98. The molecule has 0 unspecified atom stereocenters. The second-order valence-electron chi connectivity index (χ2n) is 4.41. The number of ether oxygens (including phenoxy) is 1. The Balaban J connectivity index is 2.19. The summed E-state index contributed by atoms with van der Waals surface area (Å²) < 4.78 is 45.3. The van der Waals surface area contributed by atoms with Crippen LogP contribution in [0.4, 0.5) is 13.2 Å². The van der Waals surface area contributed by atoms with Crippen molar-refractivity contribution >= 4 is 0 Å². The molecule has 2 aromatic carbocycles. The van der Waals surface area contributed by atoms with Crippen molar-refractivity contribution < 1.29 is 23.0 Å². The molecular weight excluding hydrogens is 269 g/mol. The summed E-state index contributed by atoms with van der Waals surface area (Å²) in [6, 6.07) is 6.10. The Morgan fingerprint density at radius 3 is 2.25 bits per heavy atom. The number of rotatable bonds is 4. The minimum absolute atomic E-state index is 0.0710. The van der Waals surface area contributed by atoms with Crippen molar-refractivity contribution in [2.75, 3.05) is 0 Å². The van der Waals surface area contributed by atoms with Gasteiger partial charge < -0.3 is 9.84 Å². The van der Waals surface area contributed by atoms with E-state index in [1.807, 2.05) is 0 Å². The largest absolute Gasteiger partial charge is 0.483 e. The Bertz CT molecular complexity index is 604. The van der Waals surface area contributed by atoms with Crippen LogP contribution in [0.3, 0.4) is 0 Å². The third-order valence-corrected chi connectivity index (χ3v) is 2.92. The van der Waals surface area contributed by atoms with Crippen LogP contribution in [0.15, 0.2) is 30.3 Å². The maximum atomic E-state index is 13.6. The van der Waals surface area contributed by atoms with Gasteiger partial charge in [-0.25, -0.2) is 13.2 Å². The van der Waals surface area contributed by atoms with Crippen molar-refractivity contribution in [3.8, 4) is 5.75 Å². The van der Waals surface area contributed by atoms with Crippen LogP contribution in [0.25, 0.3) is 0 Å². The van der Waals surface area contributed by atoms with Gasteiger partial charge in [-0.05, 0) is 47.9 Å². The Hall–Kier alpha value is -2.01. The highest BCUT2D eigenvalue weighted by Crippen LogP contribution is 2.25. The topological polar surface area (TPSA) is 29.5 Å². The average Bonchev–Trinajstić information content (AvgIpc) is 2.39. The molecule has 2 aromatic rings. The van der Waals surface area contributed by atoms with Crippen molar-refractivity contribution in [2.24, 2.45) is 0 Å². The van der Waals surface area contributed by atoms with Gasteiger partial charge in [-0.1, -0.05) is 6.07 Å². The van der Waals surface area contributed by atoms with Gasteiger partial charge in [0.05, 0.1) is 6.61 Å². The molecule has 106 valence electrons. The molecule has 5 heteroatoms. The molecule has 0 fully saturated rings. The third-order valence-electron chi connectivity index (χ3n) is 2.92. The summed E-state index contributed by atoms with van der Waals surface area (Å²) in [5.74, 6) is -2.65. The molecule has 0 amide bonds. The molecule has 0 aliphatic rings. The number of hydrogen-bond acceptors (Lipinski definition) is 2. The second-order valence-corrected chi connectivity index (χ2v) is 4.41. The zero-order valence-electron chi connectivity index (χ0n) is 10.8. The van der Waals surface area contributed by atoms with Gasteiger partial charge >= 0.3 is 0 Å². The molecular formula is C15H13F3O2. The van der Waals surface area contributed by atoms with Gasteiger partial charge in [0.25, 0.3) is 0 Å². The van der Waals surface area contributed by atoms with Gasteiger partial charge in [-0.3, -0.25) is 0 Å². The minimum Gasteiger partial charge on any atom is -0.483 e. The van der Waals surface area contributed by atoms with E-state index in [2.05, 4.69) is 0 Å². The van der Waals surface area contributed by atoms with E-state index in [-0.39, 0.29) is 18.0 Å².